The summed E-state index contributed by atoms with van der Waals surface area (Å²) >= 11 is 1.11. The van der Waals surface area contributed by atoms with E-state index in [1.54, 1.807) is 33.6 Å². The lowest BCUT2D eigenvalue weighted by atomic mass is 10.2. The first-order valence-corrected chi connectivity index (χ1v) is 11.8. The molecule has 2 amide bonds. The van der Waals surface area contributed by atoms with E-state index in [-0.39, 0.29) is 11.8 Å². The minimum absolute atomic E-state index is 0.314. The van der Waals surface area contributed by atoms with Crippen LogP contribution in [0.5, 0.6) is 0 Å². The largest absolute Gasteiger partial charge is 0.304 e. The molecule has 0 saturated carbocycles. The highest BCUT2D eigenvalue weighted by Gasteiger charge is 2.16. The van der Waals surface area contributed by atoms with Gasteiger partial charge in [0.05, 0.1) is 22.8 Å². The number of thiophene rings is 1. The van der Waals surface area contributed by atoms with Crippen LogP contribution in [-0.4, -0.2) is 31.4 Å². The number of rotatable bonds is 8. The average molecular weight is 483 g/mol. The van der Waals surface area contributed by atoms with E-state index >= 15 is 0 Å². The summed E-state index contributed by atoms with van der Waals surface area (Å²) in [5, 5.41) is 14.4. The Kier molecular flexibility index (Phi) is 6.49. The van der Waals surface area contributed by atoms with Crippen molar-refractivity contribution in [1.82, 2.24) is 19.6 Å². The zero-order valence-electron chi connectivity index (χ0n) is 18.7. The molecule has 174 valence electrons. The van der Waals surface area contributed by atoms with Crippen LogP contribution < -0.4 is 10.6 Å². The van der Waals surface area contributed by atoms with E-state index < -0.39 is 0 Å². The standard InChI is InChI=1S/C26H22N6O2S/c33-25(27-23-13-15-31(29-23)17-19-7-3-1-4-8-19)21-11-12-22(35-21)26(34)28-24-14-16-32(30-24)18-20-9-5-2-6-10-20/h1-16H,17-18H2,(H,27,29,33)(H,28,30,34). The lowest BCUT2D eigenvalue weighted by molar-refractivity contribution is 0.102. The Balaban J connectivity index is 1.17. The quantitative estimate of drug-likeness (QED) is 0.334. The van der Waals surface area contributed by atoms with Gasteiger partial charge in [0.25, 0.3) is 11.8 Å². The minimum Gasteiger partial charge on any atom is -0.304 e. The van der Waals surface area contributed by atoms with E-state index in [0.717, 1.165) is 22.5 Å². The Hall–Kier alpha value is -4.50. The predicted molar refractivity (Wildman–Crippen MR) is 136 cm³/mol. The lowest BCUT2D eigenvalue weighted by Crippen LogP contribution is -2.12. The molecule has 0 unspecified atom stereocenters. The Labute approximate surface area is 205 Å². The topological polar surface area (TPSA) is 93.8 Å². The number of hydrogen-bond acceptors (Lipinski definition) is 5. The number of nitrogens with zero attached hydrogens (tertiary/aromatic N) is 4. The van der Waals surface area contributed by atoms with Crippen molar-refractivity contribution in [3.63, 3.8) is 0 Å². The molecule has 5 aromatic rings. The SMILES string of the molecule is O=C(Nc1ccn(Cc2ccccc2)n1)c1ccc(C(=O)Nc2ccn(Cc3ccccc3)n2)s1. The monoisotopic (exact) mass is 482 g/mol. The van der Waals surface area contributed by atoms with Crippen LogP contribution in [0.1, 0.15) is 30.5 Å². The number of anilines is 2. The third-order valence-corrected chi connectivity index (χ3v) is 6.28. The predicted octanol–water partition coefficient (Wildman–Crippen LogP) is 4.74. The Morgan fingerprint density at radius 1 is 0.629 bits per heavy atom. The van der Waals surface area contributed by atoms with Crippen LogP contribution in [0.4, 0.5) is 11.6 Å². The number of hydrogen-bond donors (Lipinski definition) is 2. The van der Waals surface area contributed by atoms with Crippen LogP contribution in [-0.2, 0) is 13.1 Å². The van der Waals surface area contributed by atoms with Gasteiger partial charge >= 0.3 is 0 Å². The summed E-state index contributed by atoms with van der Waals surface area (Å²) in [6.07, 6.45) is 3.62. The van der Waals surface area contributed by atoms with E-state index in [1.807, 2.05) is 73.1 Å². The molecule has 0 bridgehead atoms. The van der Waals surface area contributed by atoms with Gasteiger partial charge < -0.3 is 10.6 Å². The van der Waals surface area contributed by atoms with Crippen LogP contribution in [0.15, 0.2) is 97.3 Å². The Morgan fingerprint density at radius 2 is 1.06 bits per heavy atom. The van der Waals surface area contributed by atoms with Crippen molar-refractivity contribution in [2.24, 2.45) is 0 Å². The maximum Gasteiger partial charge on any atom is 0.266 e. The van der Waals surface area contributed by atoms with Gasteiger partial charge in [-0.25, -0.2) is 0 Å². The van der Waals surface area contributed by atoms with Gasteiger partial charge in [0.15, 0.2) is 11.6 Å². The molecular weight excluding hydrogens is 460 g/mol. The van der Waals surface area contributed by atoms with Crippen molar-refractivity contribution in [3.8, 4) is 0 Å². The van der Waals surface area contributed by atoms with Crippen molar-refractivity contribution in [1.29, 1.82) is 0 Å². The van der Waals surface area contributed by atoms with Gasteiger partial charge in [-0.05, 0) is 23.3 Å². The number of aromatic nitrogens is 4. The molecule has 9 heteroatoms. The van der Waals surface area contributed by atoms with E-state index in [4.69, 9.17) is 0 Å². The summed E-state index contributed by atoms with van der Waals surface area (Å²) in [5.41, 5.74) is 2.24. The maximum atomic E-state index is 12.7. The molecule has 0 aliphatic rings. The highest BCUT2D eigenvalue weighted by molar-refractivity contribution is 7.16. The van der Waals surface area contributed by atoms with E-state index in [1.165, 1.54) is 0 Å². The van der Waals surface area contributed by atoms with Crippen LogP contribution in [0, 0.1) is 0 Å². The fraction of sp³-hybridized carbons (Fsp3) is 0.0769. The lowest BCUT2D eigenvalue weighted by Gasteiger charge is -2.02. The number of carbonyl (C=O) groups excluding carboxylic acids is 2. The molecule has 3 heterocycles. The molecule has 0 saturated heterocycles. The molecule has 0 aliphatic heterocycles. The maximum absolute atomic E-state index is 12.7. The summed E-state index contributed by atoms with van der Waals surface area (Å²) in [4.78, 5) is 26.1. The molecule has 0 radical (unpaired) electrons. The van der Waals surface area contributed by atoms with Gasteiger partial charge in [0.1, 0.15) is 0 Å². The molecule has 35 heavy (non-hydrogen) atoms. The summed E-state index contributed by atoms with van der Waals surface area (Å²) in [7, 11) is 0. The van der Waals surface area contributed by atoms with Gasteiger partial charge in [0.2, 0.25) is 0 Å². The molecule has 5 rings (SSSR count). The van der Waals surface area contributed by atoms with Crippen LogP contribution in [0.25, 0.3) is 0 Å². The first-order valence-electron chi connectivity index (χ1n) is 11.0. The van der Waals surface area contributed by atoms with Crippen molar-refractivity contribution in [2.75, 3.05) is 10.6 Å². The highest BCUT2D eigenvalue weighted by atomic mass is 32.1. The van der Waals surface area contributed by atoms with Crippen molar-refractivity contribution < 1.29 is 9.59 Å². The van der Waals surface area contributed by atoms with E-state index in [0.29, 0.717) is 34.5 Å². The Bertz CT molecular complexity index is 1330. The molecule has 0 fully saturated rings. The van der Waals surface area contributed by atoms with E-state index in [9.17, 15) is 9.59 Å². The zero-order chi connectivity index (χ0) is 24.0. The molecule has 2 N–H and O–H groups in total. The second-order valence-corrected chi connectivity index (χ2v) is 8.92. The molecule has 0 spiro atoms. The van der Waals surface area contributed by atoms with Gasteiger partial charge in [-0.2, -0.15) is 10.2 Å². The fourth-order valence-electron chi connectivity index (χ4n) is 3.51. The van der Waals surface area contributed by atoms with Crippen molar-refractivity contribution >= 4 is 34.8 Å². The summed E-state index contributed by atoms with van der Waals surface area (Å²) < 4.78 is 3.52. The van der Waals surface area contributed by atoms with Crippen LogP contribution >= 0.6 is 11.3 Å². The Morgan fingerprint density at radius 3 is 1.49 bits per heavy atom. The molecular formula is C26H22N6O2S. The summed E-state index contributed by atoms with van der Waals surface area (Å²) in [6.45, 7) is 1.22. The van der Waals surface area contributed by atoms with Crippen molar-refractivity contribution in [3.05, 3.63) is 118 Å². The molecule has 0 atom stereocenters. The second-order valence-electron chi connectivity index (χ2n) is 7.84. The normalized spacial score (nSPS) is 10.7. The van der Waals surface area contributed by atoms with Crippen LogP contribution in [0.2, 0.25) is 0 Å². The van der Waals surface area contributed by atoms with Crippen molar-refractivity contribution in [2.45, 2.75) is 13.1 Å². The molecule has 2 aromatic carbocycles. The fourth-order valence-corrected chi connectivity index (χ4v) is 4.31. The third-order valence-electron chi connectivity index (χ3n) is 5.19. The smallest absolute Gasteiger partial charge is 0.266 e. The van der Waals surface area contributed by atoms with Gasteiger partial charge in [-0.1, -0.05) is 60.7 Å². The number of nitrogens with one attached hydrogen (secondary N) is 2. The molecule has 8 nitrogen and oxygen atoms in total. The zero-order valence-corrected chi connectivity index (χ0v) is 19.5. The summed E-state index contributed by atoms with van der Waals surface area (Å²) in [5.74, 6) is 0.279. The van der Waals surface area contributed by atoms with Gasteiger partial charge in [-0.3, -0.25) is 19.0 Å². The second kappa shape index (κ2) is 10.2. The minimum atomic E-state index is -0.314. The van der Waals surface area contributed by atoms with Crippen LogP contribution in [0.3, 0.4) is 0 Å². The van der Waals surface area contributed by atoms with Gasteiger partial charge in [0, 0.05) is 24.5 Å². The number of carbonyl (C=O) groups is 2. The number of amides is 2. The number of benzene rings is 2. The first kappa shape index (κ1) is 22.3. The highest BCUT2D eigenvalue weighted by Crippen LogP contribution is 2.19. The average Bonchev–Trinajstić information content (AvgIpc) is 3.62. The first-order chi connectivity index (χ1) is 17.1. The molecule has 0 aliphatic carbocycles. The van der Waals surface area contributed by atoms with E-state index in [2.05, 4.69) is 20.8 Å². The molecule has 3 aromatic heterocycles. The summed E-state index contributed by atoms with van der Waals surface area (Å²) in [6, 6.07) is 26.7. The van der Waals surface area contributed by atoms with Gasteiger partial charge in [-0.15, -0.1) is 11.3 Å². The third kappa shape index (κ3) is 5.71.